The molecule has 0 radical (unpaired) electrons. The summed E-state index contributed by atoms with van der Waals surface area (Å²) in [7, 11) is 0. The maximum atomic E-state index is 6.22. The van der Waals surface area contributed by atoms with Gasteiger partial charge in [-0.2, -0.15) is 0 Å². The summed E-state index contributed by atoms with van der Waals surface area (Å²) >= 11 is 0. The Morgan fingerprint density at radius 1 is 0.829 bits per heavy atom. The van der Waals surface area contributed by atoms with E-state index in [4.69, 9.17) is 9.47 Å². The Morgan fingerprint density at radius 3 is 2.20 bits per heavy atom. The van der Waals surface area contributed by atoms with Gasteiger partial charge in [0.25, 0.3) is 0 Å². The molecule has 35 heavy (non-hydrogen) atoms. The first-order chi connectivity index (χ1) is 16.9. The molecule has 0 aliphatic carbocycles. The van der Waals surface area contributed by atoms with Crippen LogP contribution in [-0.2, 0) is 16.1 Å². The van der Waals surface area contributed by atoms with Gasteiger partial charge < -0.3 is 9.47 Å². The van der Waals surface area contributed by atoms with Crippen molar-refractivity contribution in [1.29, 1.82) is 0 Å². The highest BCUT2D eigenvalue weighted by atomic mass is 16.5. The Hall–Kier alpha value is -1.12. The molecule has 1 rings (SSSR count). The van der Waals surface area contributed by atoms with E-state index in [1.165, 1.54) is 82.6 Å². The minimum Gasteiger partial charge on any atom is -0.379 e. The van der Waals surface area contributed by atoms with Crippen LogP contribution in [-0.4, -0.2) is 19.3 Å². The lowest BCUT2D eigenvalue weighted by molar-refractivity contribution is -0.0430. The molecule has 2 heteroatoms. The van der Waals surface area contributed by atoms with Crippen LogP contribution in [0.15, 0.2) is 42.5 Å². The second-order valence-corrected chi connectivity index (χ2v) is 11.8. The van der Waals surface area contributed by atoms with Crippen molar-refractivity contribution in [3.8, 4) is 0 Å². The van der Waals surface area contributed by atoms with E-state index in [1.807, 2.05) is 0 Å². The molecule has 0 saturated carbocycles. The fraction of sp³-hybridized carbons (Fsp3) is 0.758. The lowest BCUT2D eigenvalue weighted by Gasteiger charge is -2.26. The summed E-state index contributed by atoms with van der Waals surface area (Å²) in [4.78, 5) is 0. The van der Waals surface area contributed by atoms with Gasteiger partial charge in [0.15, 0.2) is 0 Å². The summed E-state index contributed by atoms with van der Waals surface area (Å²) in [5, 5.41) is 0. The fourth-order valence-corrected chi connectivity index (χ4v) is 4.52. The SMILES string of the molecule is CCCCCCCCC/C=C/C(C)CCCCCCOCC(CC(C)(C)C)OCc1ccccc1. The lowest BCUT2D eigenvalue weighted by atomic mass is 9.89. The number of allylic oxidation sites excluding steroid dienone is 2. The van der Waals surface area contributed by atoms with E-state index < -0.39 is 0 Å². The van der Waals surface area contributed by atoms with Gasteiger partial charge in [0.2, 0.25) is 0 Å². The van der Waals surface area contributed by atoms with Gasteiger partial charge in [-0.3, -0.25) is 0 Å². The van der Waals surface area contributed by atoms with Gasteiger partial charge in [0.1, 0.15) is 0 Å². The first-order valence-corrected chi connectivity index (χ1v) is 14.8. The molecule has 0 amide bonds. The highest BCUT2D eigenvalue weighted by molar-refractivity contribution is 5.13. The zero-order valence-corrected chi connectivity index (χ0v) is 24.0. The van der Waals surface area contributed by atoms with E-state index in [1.54, 1.807) is 0 Å². The molecule has 0 aromatic heterocycles. The van der Waals surface area contributed by atoms with Crippen molar-refractivity contribution in [2.45, 2.75) is 137 Å². The molecular weight excluding hydrogens is 428 g/mol. The zero-order chi connectivity index (χ0) is 25.6. The van der Waals surface area contributed by atoms with Gasteiger partial charge in [-0.15, -0.1) is 0 Å². The second kappa shape index (κ2) is 21.0. The van der Waals surface area contributed by atoms with Crippen LogP contribution in [0.5, 0.6) is 0 Å². The summed E-state index contributed by atoms with van der Waals surface area (Å²) in [6.45, 7) is 13.7. The quantitative estimate of drug-likeness (QED) is 0.120. The maximum absolute atomic E-state index is 6.22. The molecule has 2 unspecified atom stereocenters. The topological polar surface area (TPSA) is 18.5 Å². The predicted molar refractivity (Wildman–Crippen MR) is 154 cm³/mol. The molecule has 0 heterocycles. The first-order valence-electron chi connectivity index (χ1n) is 14.8. The number of unbranched alkanes of at least 4 members (excludes halogenated alkanes) is 10. The van der Waals surface area contributed by atoms with Crippen molar-refractivity contribution < 1.29 is 9.47 Å². The third kappa shape index (κ3) is 20.7. The average molecular weight is 487 g/mol. The van der Waals surface area contributed by atoms with Gasteiger partial charge in [-0.1, -0.05) is 135 Å². The number of benzene rings is 1. The number of rotatable bonds is 22. The van der Waals surface area contributed by atoms with Crippen LogP contribution < -0.4 is 0 Å². The molecule has 2 atom stereocenters. The van der Waals surface area contributed by atoms with E-state index in [2.05, 4.69) is 77.1 Å². The number of hydrogen-bond acceptors (Lipinski definition) is 2. The van der Waals surface area contributed by atoms with Gasteiger partial charge in [-0.05, 0) is 49.0 Å². The Labute approximate surface area is 219 Å². The average Bonchev–Trinajstić information content (AvgIpc) is 2.82. The summed E-state index contributed by atoms with van der Waals surface area (Å²) in [6, 6.07) is 10.4. The molecule has 202 valence electrons. The minimum atomic E-state index is 0.156. The molecule has 0 fully saturated rings. The Bertz CT molecular complexity index is 601. The largest absolute Gasteiger partial charge is 0.379 e. The van der Waals surface area contributed by atoms with Crippen molar-refractivity contribution >= 4 is 0 Å². The van der Waals surface area contributed by atoms with Crippen LogP contribution in [0.2, 0.25) is 0 Å². The third-order valence-corrected chi connectivity index (χ3v) is 6.61. The highest BCUT2D eigenvalue weighted by Crippen LogP contribution is 2.23. The van der Waals surface area contributed by atoms with Crippen molar-refractivity contribution in [2.24, 2.45) is 11.3 Å². The highest BCUT2D eigenvalue weighted by Gasteiger charge is 2.19. The standard InChI is InChI=1S/C33H58O2/c1-6-7-8-9-10-11-12-13-17-22-30(2)23-18-14-15-21-26-34-29-32(27-33(3,4)5)35-28-31-24-19-16-20-25-31/h16-17,19-20,22,24-25,30,32H,6-15,18,21,23,26-29H2,1-5H3/b22-17+. The molecule has 0 saturated heterocycles. The van der Waals surface area contributed by atoms with Crippen LogP contribution in [0.1, 0.15) is 130 Å². The molecule has 0 aliphatic rings. The molecule has 1 aromatic rings. The molecule has 2 nitrogen and oxygen atoms in total. The molecule has 0 bridgehead atoms. The van der Waals surface area contributed by atoms with Crippen LogP contribution in [0.3, 0.4) is 0 Å². The van der Waals surface area contributed by atoms with E-state index in [0.717, 1.165) is 25.4 Å². The van der Waals surface area contributed by atoms with Crippen LogP contribution >= 0.6 is 0 Å². The van der Waals surface area contributed by atoms with Gasteiger partial charge in [-0.25, -0.2) is 0 Å². The molecule has 1 aromatic carbocycles. The minimum absolute atomic E-state index is 0.156. The molecule has 0 spiro atoms. The third-order valence-electron chi connectivity index (χ3n) is 6.61. The monoisotopic (exact) mass is 486 g/mol. The predicted octanol–water partition coefficient (Wildman–Crippen LogP) is 10.3. The van der Waals surface area contributed by atoms with Crippen molar-refractivity contribution in [3.63, 3.8) is 0 Å². The zero-order valence-electron chi connectivity index (χ0n) is 24.0. The van der Waals surface area contributed by atoms with Crippen LogP contribution in [0.25, 0.3) is 0 Å². The Kier molecular flexibility index (Phi) is 19.2. The second-order valence-electron chi connectivity index (χ2n) is 11.8. The molecular formula is C33H58O2. The van der Waals surface area contributed by atoms with Crippen molar-refractivity contribution in [3.05, 3.63) is 48.0 Å². The van der Waals surface area contributed by atoms with Gasteiger partial charge in [0.05, 0.1) is 19.3 Å². The van der Waals surface area contributed by atoms with Gasteiger partial charge in [0, 0.05) is 6.61 Å². The molecule has 0 aliphatic heterocycles. The molecule has 0 N–H and O–H groups in total. The van der Waals surface area contributed by atoms with E-state index in [0.29, 0.717) is 13.2 Å². The Balaban J connectivity index is 2.04. The van der Waals surface area contributed by atoms with Crippen LogP contribution in [0, 0.1) is 11.3 Å². The number of ether oxygens (including phenoxy) is 2. The first kappa shape index (κ1) is 31.9. The fourth-order valence-electron chi connectivity index (χ4n) is 4.52. The summed E-state index contributed by atoms with van der Waals surface area (Å²) in [6.07, 6.45) is 23.5. The van der Waals surface area contributed by atoms with E-state index in [-0.39, 0.29) is 11.5 Å². The maximum Gasteiger partial charge on any atom is 0.0818 e. The number of hydrogen-bond donors (Lipinski definition) is 0. The normalized spacial score (nSPS) is 14.0. The van der Waals surface area contributed by atoms with Crippen molar-refractivity contribution in [2.75, 3.05) is 13.2 Å². The van der Waals surface area contributed by atoms with Crippen molar-refractivity contribution in [1.82, 2.24) is 0 Å². The summed E-state index contributed by atoms with van der Waals surface area (Å²) in [5.41, 5.74) is 1.47. The lowest BCUT2D eigenvalue weighted by Crippen LogP contribution is -2.26. The van der Waals surface area contributed by atoms with E-state index in [9.17, 15) is 0 Å². The van der Waals surface area contributed by atoms with E-state index >= 15 is 0 Å². The summed E-state index contributed by atoms with van der Waals surface area (Å²) in [5.74, 6) is 0.718. The van der Waals surface area contributed by atoms with Crippen LogP contribution in [0.4, 0.5) is 0 Å². The smallest absolute Gasteiger partial charge is 0.0818 e. The summed E-state index contributed by atoms with van der Waals surface area (Å²) < 4.78 is 12.3. The van der Waals surface area contributed by atoms with Gasteiger partial charge >= 0.3 is 0 Å². The Morgan fingerprint density at radius 2 is 1.49 bits per heavy atom.